The predicted molar refractivity (Wildman–Crippen MR) is 56.6 cm³/mol. The van der Waals surface area contributed by atoms with Gasteiger partial charge in [-0.15, -0.1) is 12.3 Å². The number of rotatable bonds is 4. The number of likely N-dealkylation sites (tertiary alicyclic amines) is 1. The first-order valence-corrected chi connectivity index (χ1v) is 5.20. The molecule has 2 nitrogen and oxygen atoms in total. The lowest BCUT2D eigenvalue weighted by molar-refractivity contribution is 0.200. The summed E-state index contributed by atoms with van der Waals surface area (Å²) in [6, 6.07) is 0.740. The van der Waals surface area contributed by atoms with Crippen molar-refractivity contribution < 1.29 is 0 Å². The standard InChI is InChI=1S/C11H20N2/c1-3-4-5-8-13-9-6-11(12-2)7-10-13/h1,11-12H,4-10H2,2H3. The maximum absolute atomic E-state index is 5.21. The van der Waals surface area contributed by atoms with Crippen LogP contribution in [0.2, 0.25) is 0 Å². The Labute approximate surface area is 81.7 Å². The Morgan fingerprint density at radius 1 is 1.46 bits per heavy atom. The molecule has 0 atom stereocenters. The molecule has 1 aliphatic rings. The first-order chi connectivity index (χ1) is 6.36. The molecule has 2 heteroatoms. The Bertz CT molecular complexity index is 163. The van der Waals surface area contributed by atoms with Gasteiger partial charge in [0.05, 0.1) is 0 Å². The van der Waals surface area contributed by atoms with Crippen molar-refractivity contribution in [1.29, 1.82) is 0 Å². The zero-order valence-corrected chi connectivity index (χ0v) is 8.55. The van der Waals surface area contributed by atoms with Crippen LogP contribution in [0.25, 0.3) is 0 Å². The quantitative estimate of drug-likeness (QED) is 0.514. The highest BCUT2D eigenvalue weighted by atomic mass is 15.1. The van der Waals surface area contributed by atoms with Crippen molar-refractivity contribution in [3.63, 3.8) is 0 Å². The molecule has 0 radical (unpaired) electrons. The largest absolute Gasteiger partial charge is 0.317 e. The number of hydrogen-bond donors (Lipinski definition) is 1. The fraction of sp³-hybridized carbons (Fsp3) is 0.818. The zero-order valence-electron chi connectivity index (χ0n) is 8.55. The molecule has 0 aromatic heterocycles. The average molecular weight is 180 g/mol. The highest BCUT2D eigenvalue weighted by Gasteiger charge is 2.16. The van der Waals surface area contributed by atoms with E-state index in [4.69, 9.17) is 6.42 Å². The molecule has 1 heterocycles. The van der Waals surface area contributed by atoms with Crippen LogP contribution in [-0.2, 0) is 0 Å². The molecular weight excluding hydrogens is 160 g/mol. The first-order valence-electron chi connectivity index (χ1n) is 5.20. The van der Waals surface area contributed by atoms with Crippen molar-refractivity contribution in [2.45, 2.75) is 31.7 Å². The van der Waals surface area contributed by atoms with Crippen LogP contribution in [0.3, 0.4) is 0 Å². The van der Waals surface area contributed by atoms with Crippen molar-refractivity contribution in [3.8, 4) is 12.3 Å². The van der Waals surface area contributed by atoms with Gasteiger partial charge >= 0.3 is 0 Å². The Morgan fingerprint density at radius 2 is 2.15 bits per heavy atom. The summed E-state index contributed by atoms with van der Waals surface area (Å²) in [5.41, 5.74) is 0. The smallest absolute Gasteiger partial charge is 0.00982 e. The third-order valence-corrected chi connectivity index (χ3v) is 2.79. The van der Waals surface area contributed by atoms with Crippen LogP contribution in [0.1, 0.15) is 25.7 Å². The number of nitrogens with one attached hydrogen (secondary N) is 1. The van der Waals surface area contributed by atoms with E-state index in [9.17, 15) is 0 Å². The van der Waals surface area contributed by atoms with E-state index in [0.717, 1.165) is 18.9 Å². The predicted octanol–water partition coefficient (Wildman–Crippen LogP) is 1.08. The average Bonchev–Trinajstić information content (AvgIpc) is 2.19. The summed E-state index contributed by atoms with van der Waals surface area (Å²) < 4.78 is 0. The Hall–Kier alpha value is -0.520. The van der Waals surface area contributed by atoms with Gasteiger partial charge in [-0.05, 0) is 45.9 Å². The van der Waals surface area contributed by atoms with Crippen LogP contribution < -0.4 is 5.32 Å². The van der Waals surface area contributed by atoms with Gasteiger partial charge in [0.15, 0.2) is 0 Å². The van der Waals surface area contributed by atoms with Gasteiger partial charge < -0.3 is 10.2 Å². The minimum atomic E-state index is 0.740. The molecule has 0 unspecified atom stereocenters. The first kappa shape index (κ1) is 10.6. The van der Waals surface area contributed by atoms with E-state index in [-0.39, 0.29) is 0 Å². The molecule has 0 aromatic rings. The van der Waals surface area contributed by atoms with Gasteiger partial charge in [-0.2, -0.15) is 0 Å². The normalized spacial score (nSPS) is 20.0. The molecule has 0 aliphatic carbocycles. The van der Waals surface area contributed by atoms with Gasteiger partial charge in [0, 0.05) is 12.5 Å². The molecule has 1 saturated heterocycles. The number of unbranched alkanes of at least 4 members (excludes halogenated alkanes) is 1. The zero-order chi connectivity index (χ0) is 9.52. The van der Waals surface area contributed by atoms with Gasteiger partial charge in [0.1, 0.15) is 0 Å². The maximum Gasteiger partial charge on any atom is 0.00982 e. The summed E-state index contributed by atoms with van der Waals surface area (Å²) in [7, 11) is 2.05. The van der Waals surface area contributed by atoms with E-state index < -0.39 is 0 Å². The Balaban J connectivity index is 2.07. The molecule has 13 heavy (non-hydrogen) atoms. The fourth-order valence-corrected chi connectivity index (χ4v) is 1.85. The van der Waals surface area contributed by atoms with Crippen LogP contribution in [-0.4, -0.2) is 37.6 Å². The summed E-state index contributed by atoms with van der Waals surface area (Å²) in [4.78, 5) is 2.52. The van der Waals surface area contributed by atoms with Crippen molar-refractivity contribution in [2.24, 2.45) is 0 Å². The van der Waals surface area contributed by atoms with Crippen molar-refractivity contribution in [1.82, 2.24) is 10.2 Å². The van der Waals surface area contributed by atoms with Gasteiger partial charge in [-0.1, -0.05) is 0 Å². The lowest BCUT2D eigenvalue weighted by Gasteiger charge is -2.31. The molecule has 1 rings (SSSR count). The number of hydrogen-bond acceptors (Lipinski definition) is 2. The summed E-state index contributed by atoms with van der Waals surface area (Å²) in [6.07, 6.45) is 9.85. The van der Waals surface area contributed by atoms with Crippen LogP contribution >= 0.6 is 0 Å². The van der Waals surface area contributed by atoms with E-state index >= 15 is 0 Å². The summed E-state index contributed by atoms with van der Waals surface area (Å²) in [5, 5.41) is 3.33. The second kappa shape index (κ2) is 6.01. The van der Waals surface area contributed by atoms with Crippen molar-refractivity contribution in [2.75, 3.05) is 26.7 Å². The van der Waals surface area contributed by atoms with Crippen LogP contribution in [0.5, 0.6) is 0 Å². The molecule has 1 aliphatic heterocycles. The van der Waals surface area contributed by atoms with Gasteiger partial charge in [0.25, 0.3) is 0 Å². The lowest BCUT2D eigenvalue weighted by Crippen LogP contribution is -2.41. The minimum absolute atomic E-state index is 0.740. The van der Waals surface area contributed by atoms with E-state index in [0.29, 0.717) is 0 Å². The van der Waals surface area contributed by atoms with Crippen LogP contribution in [0.4, 0.5) is 0 Å². The van der Waals surface area contributed by atoms with Gasteiger partial charge in [-0.25, -0.2) is 0 Å². The van der Waals surface area contributed by atoms with Crippen LogP contribution in [0.15, 0.2) is 0 Å². The third kappa shape index (κ3) is 3.80. The minimum Gasteiger partial charge on any atom is -0.317 e. The second-order valence-electron chi connectivity index (χ2n) is 3.71. The molecule has 74 valence electrons. The molecule has 1 N–H and O–H groups in total. The lowest BCUT2D eigenvalue weighted by atomic mass is 10.1. The summed E-state index contributed by atoms with van der Waals surface area (Å²) in [6.45, 7) is 3.65. The van der Waals surface area contributed by atoms with Crippen molar-refractivity contribution in [3.05, 3.63) is 0 Å². The second-order valence-corrected chi connectivity index (χ2v) is 3.71. The number of piperidine rings is 1. The highest BCUT2D eigenvalue weighted by molar-refractivity contribution is 4.84. The number of nitrogens with zero attached hydrogens (tertiary/aromatic N) is 1. The number of terminal acetylenes is 1. The molecular formula is C11H20N2. The van der Waals surface area contributed by atoms with Gasteiger partial charge in [0.2, 0.25) is 0 Å². The highest BCUT2D eigenvalue weighted by Crippen LogP contribution is 2.10. The van der Waals surface area contributed by atoms with E-state index in [1.54, 1.807) is 0 Å². The SMILES string of the molecule is C#CCCCN1CCC(NC)CC1. The summed E-state index contributed by atoms with van der Waals surface area (Å²) in [5.74, 6) is 2.69. The van der Waals surface area contributed by atoms with E-state index in [1.165, 1.54) is 32.5 Å². The maximum atomic E-state index is 5.21. The molecule has 0 spiro atoms. The fourth-order valence-electron chi connectivity index (χ4n) is 1.85. The molecule has 0 saturated carbocycles. The molecule has 0 amide bonds. The van der Waals surface area contributed by atoms with Crippen LogP contribution in [0, 0.1) is 12.3 Å². The molecule has 0 aromatic carbocycles. The third-order valence-electron chi connectivity index (χ3n) is 2.79. The Morgan fingerprint density at radius 3 is 2.69 bits per heavy atom. The Kier molecular flexibility index (Phi) is 4.88. The monoisotopic (exact) mass is 180 g/mol. The summed E-state index contributed by atoms with van der Waals surface area (Å²) >= 11 is 0. The van der Waals surface area contributed by atoms with E-state index in [2.05, 4.69) is 23.2 Å². The topological polar surface area (TPSA) is 15.3 Å². The van der Waals surface area contributed by atoms with Crippen molar-refractivity contribution >= 4 is 0 Å². The van der Waals surface area contributed by atoms with Gasteiger partial charge in [-0.3, -0.25) is 0 Å². The molecule has 1 fully saturated rings. The molecule has 0 bridgehead atoms. The van der Waals surface area contributed by atoms with E-state index in [1.807, 2.05) is 0 Å².